The molecule has 0 fully saturated rings. The van der Waals surface area contributed by atoms with E-state index in [-0.39, 0.29) is 17.0 Å². The second-order valence-corrected chi connectivity index (χ2v) is 6.03. The van der Waals surface area contributed by atoms with Crippen LogP contribution in [0, 0.1) is 0 Å². The van der Waals surface area contributed by atoms with Gasteiger partial charge in [0.1, 0.15) is 5.75 Å². The average Bonchev–Trinajstić information content (AvgIpc) is 2.73. The molecule has 5 heteroatoms. The highest BCUT2D eigenvalue weighted by Crippen LogP contribution is 2.23. The monoisotopic (exact) mass is 373 g/mol. The minimum atomic E-state index is -0.601. The van der Waals surface area contributed by atoms with Gasteiger partial charge in [-0.3, -0.25) is 4.79 Å². The van der Waals surface area contributed by atoms with E-state index in [4.69, 9.17) is 0 Å². The van der Waals surface area contributed by atoms with E-state index in [2.05, 4.69) is 10.1 Å². The third kappa shape index (κ3) is 4.65. The molecule has 28 heavy (non-hydrogen) atoms. The molecule has 140 valence electrons. The van der Waals surface area contributed by atoms with Crippen LogP contribution >= 0.6 is 0 Å². The number of benzene rings is 3. The first-order chi connectivity index (χ1) is 13.6. The third-order valence-corrected chi connectivity index (χ3v) is 4.11. The second-order valence-electron chi connectivity index (χ2n) is 6.03. The summed E-state index contributed by atoms with van der Waals surface area (Å²) in [5, 5.41) is 12.2. The van der Waals surface area contributed by atoms with Crippen LogP contribution < -0.4 is 5.32 Å². The number of phenolic OH excluding ortho intramolecular Hbond substituents is 1. The van der Waals surface area contributed by atoms with Crippen molar-refractivity contribution in [1.29, 1.82) is 0 Å². The number of anilines is 1. The van der Waals surface area contributed by atoms with Crippen molar-refractivity contribution in [2.45, 2.75) is 0 Å². The molecule has 0 aliphatic carbocycles. The van der Waals surface area contributed by atoms with Gasteiger partial charge < -0.3 is 15.2 Å². The molecule has 3 rings (SSSR count). The lowest BCUT2D eigenvalue weighted by Gasteiger charge is -2.08. The number of phenols is 1. The fourth-order valence-electron chi connectivity index (χ4n) is 2.69. The van der Waals surface area contributed by atoms with E-state index in [0.717, 1.165) is 16.7 Å². The molecule has 0 aliphatic rings. The lowest BCUT2D eigenvalue weighted by Crippen LogP contribution is -2.12. The van der Waals surface area contributed by atoms with Crippen LogP contribution in [0.25, 0.3) is 17.2 Å². The number of methoxy groups -OCH3 is 1. The van der Waals surface area contributed by atoms with Crippen LogP contribution in [0.15, 0.2) is 78.9 Å². The second kappa shape index (κ2) is 8.68. The Bertz CT molecular complexity index is 1010. The highest BCUT2D eigenvalue weighted by molar-refractivity contribution is 6.06. The number of esters is 1. The quantitative estimate of drug-likeness (QED) is 0.510. The molecule has 0 heterocycles. The summed E-state index contributed by atoms with van der Waals surface area (Å²) in [5.41, 5.74) is 3.41. The van der Waals surface area contributed by atoms with E-state index in [0.29, 0.717) is 0 Å². The van der Waals surface area contributed by atoms with Gasteiger partial charge >= 0.3 is 5.97 Å². The normalized spacial score (nSPS) is 10.6. The molecule has 5 nitrogen and oxygen atoms in total. The van der Waals surface area contributed by atoms with E-state index in [1.807, 2.05) is 54.6 Å². The highest BCUT2D eigenvalue weighted by atomic mass is 16.5. The van der Waals surface area contributed by atoms with Gasteiger partial charge in [-0.1, -0.05) is 54.6 Å². The molecule has 0 atom stereocenters. The number of carbonyl (C=O) groups is 2. The Morgan fingerprint density at radius 3 is 2.29 bits per heavy atom. The van der Waals surface area contributed by atoms with Crippen LogP contribution in [0.1, 0.15) is 15.9 Å². The van der Waals surface area contributed by atoms with E-state index in [1.165, 1.54) is 31.4 Å². The largest absolute Gasteiger partial charge is 0.508 e. The van der Waals surface area contributed by atoms with Gasteiger partial charge in [0.05, 0.1) is 18.4 Å². The molecule has 0 saturated heterocycles. The molecule has 0 spiro atoms. The maximum Gasteiger partial charge on any atom is 0.339 e. The summed E-state index contributed by atoms with van der Waals surface area (Å²) in [6.45, 7) is 0. The lowest BCUT2D eigenvalue weighted by molar-refractivity contribution is -0.111. The Hall–Kier alpha value is -3.86. The first-order valence-corrected chi connectivity index (χ1v) is 8.62. The predicted molar refractivity (Wildman–Crippen MR) is 109 cm³/mol. The molecular weight excluding hydrogens is 354 g/mol. The van der Waals surface area contributed by atoms with Gasteiger partial charge in [-0.05, 0) is 34.9 Å². The number of hydrogen-bond acceptors (Lipinski definition) is 4. The molecule has 0 aromatic heterocycles. The first kappa shape index (κ1) is 18.9. The highest BCUT2D eigenvalue weighted by Gasteiger charge is 2.13. The predicted octanol–water partition coefficient (Wildman–Crippen LogP) is 4.50. The lowest BCUT2D eigenvalue weighted by atomic mass is 10.0. The molecule has 0 saturated carbocycles. The Morgan fingerprint density at radius 2 is 1.61 bits per heavy atom. The minimum absolute atomic E-state index is 0.0663. The number of ether oxygens (including phenoxy) is 1. The molecule has 3 aromatic carbocycles. The number of carbonyl (C=O) groups excluding carboxylic acids is 2. The zero-order chi connectivity index (χ0) is 19.9. The zero-order valence-electron chi connectivity index (χ0n) is 15.3. The number of aromatic hydroxyl groups is 1. The van der Waals surface area contributed by atoms with Gasteiger partial charge in [-0.25, -0.2) is 4.79 Å². The Balaban J connectivity index is 1.71. The van der Waals surface area contributed by atoms with Crippen molar-refractivity contribution in [3.05, 3.63) is 90.0 Å². The van der Waals surface area contributed by atoms with Crippen molar-refractivity contribution < 1.29 is 19.4 Å². The zero-order valence-corrected chi connectivity index (χ0v) is 15.3. The number of nitrogens with one attached hydrogen (secondary N) is 1. The summed E-state index contributed by atoms with van der Waals surface area (Å²) in [4.78, 5) is 24.0. The molecule has 0 radical (unpaired) electrons. The van der Waals surface area contributed by atoms with Crippen molar-refractivity contribution in [2.75, 3.05) is 12.4 Å². The van der Waals surface area contributed by atoms with Gasteiger partial charge in [-0.2, -0.15) is 0 Å². The third-order valence-electron chi connectivity index (χ3n) is 4.11. The summed E-state index contributed by atoms with van der Waals surface area (Å²) in [6, 6.07) is 21.8. The van der Waals surface area contributed by atoms with E-state index < -0.39 is 11.9 Å². The standard InChI is InChI=1S/C23H19NO4/c1-28-23(27)20-13-12-19(25)15-21(20)24-22(26)14-9-16-7-10-18(11-8-16)17-5-3-2-4-6-17/h2-15,25H,1H3,(H,24,26)/b14-9+. The summed E-state index contributed by atoms with van der Waals surface area (Å²) in [5.74, 6) is -1.10. The minimum Gasteiger partial charge on any atom is -0.508 e. The van der Waals surface area contributed by atoms with Gasteiger partial charge in [0.2, 0.25) is 5.91 Å². The van der Waals surface area contributed by atoms with Crippen molar-refractivity contribution in [1.82, 2.24) is 0 Å². The molecule has 3 aromatic rings. The van der Waals surface area contributed by atoms with Crippen LogP contribution in [0.3, 0.4) is 0 Å². The van der Waals surface area contributed by atoms with E-state index >= 15 is 0 Å². The van der Waals surface area contributed by atoms with Gasteiger partial charge in [0.15, 0.2) is 0 Å². The number of rotatable bonds is 5. The van der Waals surface area contributed by atoms with Crippen LogP contribution in [-0.4, -0.2) is 24.1 Å². The smallest absolute Gasteiger partial charge is 0.339 e. The van der Waals surface area contributed by atoms with E-state index in [1.54, 1.807) is 6.08 Å². The summed E-state index contributed by atoms with van der Waals surface area (Å²) in [7, 11) is 1.25. The molecule has 1 amide bonds. The van der Waals surface area contributed by atoms with Gasteiger partial charge in [-0.15, -0.1) is 0 Å². The molecule has 2 N–H and O–H groups in total. The molecule has 0 bridgehead atoms. The average molecular weight is 373 g/mol. The Kier molecular flexibility index (Phi) is 5.87. The maximum atomic E-state index is 12.2. The summed E-state index contributed by atoms with van der Waals surface area (Å²) < 4.78 is 4.69. The summed E-state index contributed by atoms with van der Waals surface area (Å²) in [6.07, 6.45) is 3.04. The summed E-state index contributed by atoms with van der Waals surface area (Å²) >= 11 is 0. The molecule has 0 aliphatic heterocycles. The number of amides is 1. The fraction of sp³-hybridized carbons (Fsp3) is 0.0435. The van der Waals surface area contributed by atoms with Crippen LogP contribution in [0.5, 0.6) is 5.75 Å². The topological polar surface area (TPSA) is 75.6 Å². The van der Waals surface area contributed by atoms with Crippen molar-refractivity contribution >= 4 is 23.6 Å². The first-order valence-electron chi connectivity index (χ1n) is 8.62. The Labute approximate surface area is 162 Å². The molecular formula is C23H19NO4. The van der Waals surface area contributed by atoms with Crippen LogP contribution in [0.2, 0.25) is 0 Å². The number of hydrogen-bond donors (Lipinski definition) is 2. The van der Waals surface area contributed by atoms with Gasteiger partial charge in [0, 0.05) is 12.1 Å². The fourth-order valence-corrected chi connectivity index (χ4v) is 2.69. The van der Waals surface area contributed by atoms with E-state index in [9.17, 15) is 14.7 Å². The van der Waals surface area contributed by atoms with Crippen molar-refractivity contribution in [2.24, 2.45) is 0 Å². The van der Waals surface area contributed by atoms with Crippen molar-refractivity contribution in [3.8, 4) is 16.9 Å². The van der Waals surface area contributed by atoms with Crippen LogP contribution in [-0.2, 0) is 9.53 Å². The van der Waals surface area contributed by atoms with Crippen LogP contribution in [0.4, 0.5) is 5.69 Å². The molecule has 0 unspecified atom stereocenters. The van der Waals surface area contributed by atoms with Gasteiger partial charge in [0.25, 0.3) is 0 Å². The SMILES string of the molecule is COC(=O)c1ccc(O)cc1NC(=O)/C=C/c1ccc(-c2ccccc2)cc1. The van der Waals surface area contributed by atoms with Crippen molar-refractivity contribution in [3.63, 3.8) is 0 Å². The Morgan fingerprint density at radius 1 is 0.929 bits per heavy atom. The maximum absolute atomic E-state index is 12.2.